The van der Waals surface area contributed by atoms with Crippen molar-refractivity contribution in [2.75, 3.05) is 26.2 Å². The standard InChI is InChI=1S/C26H27N3O2/c1-17-21-15-20(31-12-11-28-9-3-2-4-10-28)6-7-23(21)27-26-22(17)16-29-24-8-5-19(30)13-18(24)14-25(26)29/h5-8,13-15,30H,2-4,9-12,16H2,1H3. The summed E-state index contributed by atoms with van der Waals surface area (Å²) in [6.07, 6.45) is 3.98. The van der Waals surface area contributed by atoms with Crippen LogP contribution >= 0.6 is 0 Å². The van der Waals surface area contributed by atoms with Gasteiger partial charge in [-0.15, -0.1) is 0 Å². The molecule has 2 aliphatic heterocycles. The second kappa shape index (κ2) is 7.27. The fourth-order valence-electron chi connectivity index (χ4n) is 5.19. The topological polar surface area (TPSA) is 50.5 Å². The summed E-state index contributed by atoms with van der Waals surface area (Å²) in [5, 5.41) is 12.0. The third kappa shape index (κ3) is 3.15. The molecule has 0 aliphatic carbocycles. The minimum absolute atomic E-state index is 0.299. The molecule has 5 nitrogen and oxygen atoms in total. The Kier molecular flexibility index (Phi) is 4.39. The number of ether oxygens (including phenoxy) is 1. The van der Waals surface area contributed by atoms with E-state index in [0.717, 1.165) is 53.3 Å². The highest BCUT2D eigenvalue weighted by molar-refractivity contribution is 5.93. The van der Waals surface area contributed by atoms with Crippen LogP contribution in [0.4, 0.5) is 0 Å². The molecule has 1 N–H and O–H groups in total. The number of hydrogen-bond acceptors (Lipinski definition) is 4. The molecule has 0 bridgehead atoms. The summed E-state index contributed by atoms with van der Waals surface area (Å²) >= 11 is 0. The van der Waals surface area contributed by atoms with Gasteiger partial charge in [-0.25, -0.2) is 4.98 Å². The summed E-state index contributed by atoms with van der Waals surface area (Å²) in [6.45, 7) is 7.13. The first-order valence-electron chi connectivity index (χ1n) is 11.3. The molecule has 0 spiro atoms. The van der Waals surface area contributed by atoms with Crippen molar-refractivity contribution in [3.8, 4) is 22.9 Å². The Morgan fingerprint density at radius 1 is 1.03 bits per heavy atom. The molecule has 1 fully saturated rings. The maximum absolute atomic E-state index is 9.82. The Morgan fingerprint density at radius 3 is 2.77 bits per heavy atom. The largest absolute Gasteiger partial charge is 0.508 e. The summed E-state index contributed by atoms with van der Waals surface area (Å²) < 4.78 is 8.41. The quantitative estimate of drug-likeness (QED) is 0.446. The van der Waals surface area contributed by atoms with Gasteiger partial charge in [0.15, 0.2) is 0 Å². The highest BCUT2D eigenvalue weighted by atomic mass is 16.5. The van der Waals surface area contributed by atoms with Gasteiger partial charge in [0, 0.05) is 28.4 Å². The molecule has 0 unspecified atom stereocenters. The van der Waals surface area contributed by atoms with Gasteiger partial charge in [0.05, 0.1) is 23.4 Å². The van der Waals surface area contributed by atoms with E-state index < -0.39 is 0 Å². The van der Waals surface area contributed by atoms with Crippen LogP contribution in [0.5, 0.6) is 11.5 Å². The van der Waals surface area contributed by atoms with Crippen molar-refractivity contribution in [2.24, 2.45) is 0 Å². The predicted octanol–water partition coefficient (Wildman–Crippen LogP) is 5.10. The van der Waals surface area contributed by atoms with Crippen LogP contribution in [0, 0.1) is 6.92 Å². The molecule has 0 atom stereocenters. The number of nitrogens with zero attached hydrogens (tertiary/aromatic N) is 3. The number of hydrogen-bond donors (Lipinski definition) is 1. The third-order valence-corrected chi connectivity index (χ3v) is 6.91. The van der Waals surface area contributed by atoms with Crippen LogP contribution in [0.1, 0.15) is 30.4 Å². The minimum atomic E-state index is 0.299. The number of benzene rings is 2. The van der Waals surface area contributed by atoms with Crippen molar-refractivity contribution < 1.29 is 9.84 Å². The van der Waals surface area contributed by atoms with Crippen LogP contribution < -0.4 is 4.74 Å². The Balaban J connectivity index is 1.30. The van der Waals surface area contributed by atoms with E-state index in [1.165, 1.54) is 48.9 Å². The molecule has 6 rings (SSSR count). The molecule has 4 heterocycles. The molecule has 2 aromatic carbocycles. The van der Waals surface area contributed by atoms with Gasteiger partial charge in [-0.05, 0) is 80.9 Å². The Hall–Kier alpha value is -3.05. The summed E-state index contributed by atoms with van der Waals surface area (Å²) in [6, 6.07) is 14.0. The van der Waals surface area contributed by atoms with Gasteiger partial charge in [0.2, 0.25) is 0 Å². The monoisotopic (exact) mass is 413 g/mol. The number of aromatic hydroxyl groups is 1. The second-order valence-corrected chi connectivity index (χ2v) is 8.85. The minimum Gasteiger partial charge on any atom is -0.508 e. The normalized spacial score (nSPS) is 16.0. The SMILES string of the molecule is Cc1c2c(nc3ccc(OCCN4CCCCC4)cc13)-c1cc3cc(O)ccc3n1C2. The number of likely N-dealkylation sites (tertiary alicyclic amines) is 1. The van der Waals surface area contributed by atoms with E-state index in [0.29, 0.717) is 5.75 Å². The molecule has 2 aromatic heterocycles. The fraction of sp³-hybridized carbons (Fsp3) is 0.346. The van der Waals surface area contributed by atoms with E-state index in [1.807, 2.05) is 18.2 Å². The molecular formula is C26H27N3O2. The van der Waals surface area contributed by atoms with E-state index in [4.69, 9.17) is 9.72 Å². The molecule has 1 saturated heterocycles. The van der Waals surface area contributed by atoms with Gasteiger partial charge in [0.1, 0.15) is 18.1 Å². The first-order chi connectivity index (χ1) is 15.2. The number of phenolic OH excluding ortho intramolecular Hbond substituents is 1. The van der Waals surface area contributed by atoms with Crippen molar-refractivity contribution >= 4 is 21.8 Å². The van der Waals surface area contributed by atoms with Gasteiger partial charge in [-0.2, -0.15) is 0 Å². The third-order valence-electron chi connectivity index (χ3n) is 6.91. The van der Waals surface area contributed by atoms with E-state index in [-0.39, 0.29) is 0 Å². The fourth-order valence-corrected chi connectivity index (χ4v) is 5.19. The van der Waals surface area contributed by atoms with Gasteiger partial charge in [0.25, 0.3) is 0 Å². The molecule has 0 amide bonds. The molecule has 0 radical (unpaired) electrons. The zero-order valence-corrected chi connectivity index (χ0v) is 17.9. The van der Waals surface area contributed by atoms with E-state index >= 15 is 0 Å². The molecule has 158 valence electrons. The average Bonchev–Trinajstić information content (AvgIpc) is 3.31. The van der Waals surface area contributed by atoms with E-state index in [1.54, 1.807) is 6.07 Å². The highest BCUT2D eigenvalue weighted by Crippen LogP contribution is 2.40. The number of pyridine rings is 1. The molecular weight excluding hydrogens is 386 g/mol. The van der Waals surface area contributed by atoms with Crippen LogP contribution in [-0.2, 0) is 6.54 Å². The van der Waals surface area contributed by atoms with E-state index in [2.05, 4.69) is 34.6 Å². The number of aryl methyl sites for hydroxylation is 1. The molecule has 31 heavy (non-hydrogen) atoms. The molecule has 4 aromatic rings. The molecule has 5 heteroatoms. The van der Waals surface area contributed by atoms with Gasteiger partial charge >= 0.3 is 0 Å². The number of rotatable bonds is 4. The van der Waals surface area contributed by atoms with Crippen molar-refractivity contribution in [3.05, 3.63) is 53.6 Å². The summed E-state index contributed by atoms with van der Waals surface area (Å²) in [5.41, 5.74) is 6.87. The zero-order valence-electron chi connectivity index (χ0n) is 17.9. The smallest absolute Gasteiger partial charge is 0.120 e. The maximum atomic E-state index is 9.82. The lowest BCUT2D eigenvalue weighted by Gasteiger charge is -2.26. The number of aromatic nitrogens is 2. The first-order valence-corrected chi connectivity index (χ1v) is 11.3. The van der Waals surface area contributed by atoms with Crippen LogP contribution in [0.25, 0.3) is 33.2 Å². The Morgan fingerprint density at radius 2 is 1.90 bits per heavy atom. The van der Waals surface area contributed by atoms with Crippen molar-refractivity contribution in [1.82, 2.24) is 14.5 Å². The molecule has 0 saturated carbocycles. The van der Waals surface area contributed by atoms with Crippen LogP contribution in [0.15, 0.2) is 42.5 Å². The lowest BCUT2D eigenvalue weighted by atomic mass is 10.0. The van der Waals surface area contributed by atoms with E-state index in [9.17, 15) is 5.11 Å². The number of piperidine rings is 1. The summed E-state index contributed by atoms with van der Waals surface area (Å²) in [5.74, 6) is 1.22. The highest BCUT2D eigenvalue weighted by Gasteiger charge is 2.25. The average molecular weight is 414 g/mol. The molecule has 2 aliphatic rings. The summed E-state index contributed by atoms with van der Waals surface area (Å²) in [7, 11) is 0. The van der Waals surface area contributed by atoms with Crippen molar-refractivity contribution in [1.29, 1.82) is 0 Å². The Bertz CT molecular complexity index is 1300. The van der Waals surface area contributed by atoms with Crippen LogP contribution in [0.2, 0.25) is 0 Å². The van der Waals surface area contributed by atoms with Gasteiger partial charge in [-0.1, -0.05) is 6.42 Å². The number of phenols is 1. The van der Waals surface area contributed by atoms with Gasteiger partial charge in [-0.3, -0.25) is 4.90 Å². The summed E-state index contributed by atoms with van der Waals surface area (Å²) in [4.78, 5) is 7.53. The predicted molar refractivity (Wildman–Crippen MR) is 124 cm³/mol. The lowest BCUT2D eigenvalue weighted by Crippen LogP contribution is -2.33. The zero-order chi connectivity index (χ0) is 20.9. The maximum Gasteiger partial charge on any atom is 0.120 e. The Labute approximate surface area is 181 Å². The van der Waals surface area contributed by atoms with Crippen molar-refractivity contribution in [3.63, 3.8) is 0 Å². The van der Waals surface area contributed by atoms with Crippen LogP contribution in [0.3, 0.4) is 0 Å². The van der Waals surface area contributed by atoms with Crippen molar-refractivity contribution in [2.45, 2.75) is 32.7 Å². The van der Waals surface area contributed by atoms with Crippen LogP contribution in [-0.4, -0.2) is 45.8 Å². The first kappa shape index (κ1) is 18.7. The number of fused-ring (bicyclic) bond motifs is 6. The lowest BCUT2D eigenvalue weighted by molar-refractivity contribution is 0.183. The van der Waals surface area contributed by atoms with Gasteiger partial charge < -0.3 is 14.4 Å². The second-order valence-electron chi connectivity index (χ2n) is 8.85.